The first kappa shape index (κ1) is 27.8. The lowest BCUT2D eigenvalue weighted by Gasteiger charge is -2.27. The van der Waals surface area contributed by atoms with Crippen LogP contribution in [0.1, 0.15) is 96.8 Å². The zero-order valence-corrected chi connectivity index (χ0v) is 25.3. The SMILES string of the molecule is CCC(C)(C)c1nnc(-c2cccc(-c3ccc(C(C)(C)C)cc3)c2)n1-c1c(C)cc(C(C)(C)C)cc1C. The van der Waals surface area contributed by atoms with E-state index in [1.54, 1.807) is 0 Å². The predicted octanol–water partition coefficient (Wildman–Crippen LogP) is 9.50. The molecule has 0 fully saturated rings. The number of aromatic nitrogens is 3. The Morgan fingerprint density at radius 2 is 1.18 bits per heavy atom. The summed E-state index contributed by atoms with van der Waals surface area (Å²) in [5, 5.41) is 9.64. The predicted molar refractivity (Wildman–Crippen MR) is 162 cm³/mol. The zero-order chi connectivity index (χ0) is 28.0. The summed E-state index contributed by atoms with van der Waals surface area (Å²) in [6.45, 7) is 24.8. The van der Waals surface area contributed by atoms with Gasteiger partial charge in [0.25, 0.3) is 0 Å². The molecule has 0 N–H and O–H groups in total. The largest absolute Gasteiger partial charge is 0.278 e. The molecule has 0 amide bonds. The summed E-state index contributed by atoms with van der Waals surface area (Å²) in [6, 6.07) is 22.4. The normalized spacial score (nSPS) is 12.7. The van der Waals surface area contributed by atoms with E-state index in [-0.39, 0.29) is 16.2 Å². The Labute approximate surface area is 230 Å². The number of aryl methyl sites for hydroxylation is 2. The molecule has 0 atom stereocenters. The van der Waals surface area contributed by atoms with Crippen LogP contribution in [0.15, 0.2) is 60.7 Å². The van der Waals surface area contributed by atoms with Crippen molar-refractivity contribution in [2.75, 3.05) is 0 Å². The van der Waals surface area contributed by atoms with Gasteiger partial charge < -0.3 is 0 Å². The summed E-state index contributed by atoms with van der Waals surface area (Å²) >= 11 is 0. The monoisotopic (exact) mass is 507 g/mol. The minimum atomic E-state index is -0.118. The van der Waals surface area contributed by atoms with E-state index in [9.17, 15) is 0 Å². The lowest BCUT2D eigenvalue weighted by atomic mass is 9.84. The van der Waals surface area contributed by atoms with Crippen molar-refractivity contribution in [2.24, 2.45) is 0 Å². The molecular formula is C35H45N3. The average Bonchev–Trinajstić information content (AvgIpc) is 3.28. The van der Waals surface area contributed by atoms with E-state index in [1.165, 1.54) is 39.1 Å². The second-order valence-electron chi connectivity index (χ2n) is 13.5. The van der Waals surface area contributed by atoms with Crippen LogP contribution < -0.4 is 0 Å². The molecule has 1 aromatic heterocycles. The minimum absolute atomic E-state index is 0.0897. The average molecular weight is 508 g/mol. The molecule has 0 bridgehead atoms. The van der Waals surface area contributed by atoms with E-state index in [0.717, 1.165) is 23.6 Å². The Kier molecular flexibility index (Phi) is 7.20. The van der Waals surface area contributed by atoms with Gasteiger partial charge in [-0.25, -0.2) is 0 Å². The molecule has 0 unspecified atom stereocenters. The third-order valence-corrected chi connectivity index (χ3v) is 7.94. The molecule has 1 heterocycles. The van der Waals surface area contributed by atoms with Gasteiger partial charge in [0.1, 0.15) is 5.82 Å². The maximum absolute atomic E-state index is 4.82. The molecule has 38 heavy (non-hydrogen) atoms. The second kappa shape index (κ2) is 9.84. The van der Waals surface area contributed by atoms with Crippen LogP contribution in [-0.4, -0.2) is 14.8 Å². The van der Waals surface area contributed by atoms with Gasteiger partial charge in [-0.15, -0.1) is 10.2 Å². The lowest BCUT2D eigenvalue weighted by Crippen LogP contribution is -2.23. The van der Waals surface area contributed by atoms with Crippen LogP contribution in [0.4, 0.5) is 0 Å². The van der Waals surface area contributed by atoms with E-state index in [1.807, 2.05) is 0 Å². The van der Waals surface area contributed by atoms with E-state index >= 15 is 0 Å². The Morgan fingerprint density at radius 3 is 1.71 bits per heavy atom. The fourth-order valence-electron chi connectivity index (χ4n) is 5.02. The van der Waals surface area contributed by atoms with Crippen molar-refractivity contribution < 1.29 is 0 Å². The summed E-state index contributed by atoms with van der Waals surface area (Å²) in [7, 11) is 0. The molecule has 3 aromatic carbocycles. The highest BCUT2D eigenvalue weighted by molar-refractivity contribution is 5.72. The summed E-state index contributed by atoms with van der Waals surface area (Å²) in [5.74, 6) is 1.90. The molecule has 4 aromatic rings. The summed E-state index contributed by atoms with van der Waals surface area (Å²) < 4.78 is 2.32. The van der Waals surface area contributed by atoms with Crippen molar-refractivity contribution >= 4 is 0 Å². The smallest absolute Gasteiger partial charge is 0.168 e. The third kappa shape index (κ3) is 5.34. The molecule has 0 aliphatic heterocycles. The van der Waals surface area contributed by atoms with Crippen molar-refractivity contribution in [2.45, 2.75) is 98.8 Å². The van der Waals surface area contributed by atoms with Gasteiger partial charge in [-0.2, -0.15) is 0 Å². The molecular weight excluding hydrogens is 462 g/mol. The van der Waals surface area contributed by atoms with Crippen LogP contribution in [0.3, 0.4) is 0 Å². The summed E-state index contributed by atoms with van der Waals surface area (Å²) in [6.07, 6.45) is 0.976. The van der Waals surface area contributed by atoms with Gasteiger partial charge >= 0.3 is 0 Å². The third-order valence-electron chi connectivity index (χ3n) is 7.94. The molecule has 0 radical (unpaired) electrons. The van der Waals surface area contributed by atoms with Crippen molar-refractivity contribution in [3.8, 4) is 28.2 Å². The van der Waals surface area contributed by atoms with Crippen LogP contribution in [0, 0.1) is 13.8 Å². The van der Waals surface area contributed by atoms with Crippen LogP contribution in [0.5, 0.6) is 0 Å². The number of rotatable bonds is 5. The second-order valence-corrected chi connectivity index (χ2v) is 13.5. The lowest BCUT2D eigenvalue weighted by molar-refractivity contribution is 0.464. The summed E-state index contributed by atoms with van der Waals surface area (Å²) in [4.78, 5) is 0. The number of hydrogen-bond acceptors (Lipinski definition) is 2. The van der Waals surface area contributed by atoms with Crippen LogP contribution >= 0.6 is 0 Å². The van der Waals surface area contributed by atoms with Gasteiger partial charge in [-0.1, -0.05) is 117 Å². The molecule has 3 heteroatoms. The molecule has 0 aliphatic carbocycles. The Balaban J connectivity index is 1.91. The van der Waals surface area contributed by atoms with Crippen LogP contribution in [0.25, 0.3) is 28.2 Å². The van der Waals surface area contributed by atoms with Crippen molar-refractivity contribution in [3.63, 3.8) is 0 Å². The number of hydrogen-bond donors (Lipinski definition) is 0. The Hall–Kier alpha value is -3.20. The maximum Gasteiger partial charge on any atom is 0.168 e. The first-order valence-corrected chi connectivity index (χ1v) is 13.9. The fraction of sp³-hybridized carbons (Fsp3) is 0.429. The van der Waals surface area contributed by atoms with Gasteiger partial charge in [-0.05, 0) is 70.5 Å². The molecule has 3 nitrogen and oxygen atoms in total. The zero-order valence-electron chi connectivity index (χ0n) is 25.3. The standard InChI is InChI=1S/C35H45N3/c1-12-35(10,11)32-37-36-31(38(32)30-23(2)20-29(21-24(30)3)34(7,8)9)27-15-13-14-26(22-27)25-16-18-28(19-17-25)33(4,5)6/h13-22H,12H2,1-11H3. The van der Waals surface area contributed by atoms with Gasteiger partial charge in [0.2, 0.25) is 0 Å². The topological polar surface area (TPSA) is 30.7 Å². The van der Waals surface area contributed by atoms with E-state index in [4.69, 9.17) is 10.2 Å². The van der Waals surface area contributed by atoms with Crippen molar-refractivity contribution in [1.82, 2.24) is 14.8 Å². The van der Waals surface area contributed by atoms with Gasteiger partial charge in [-0.3, -0.25) is 4.57 Å². The highest BCUT2D eigenvalue weighted by Crippen LogP contribution is 2.37. The molecule has 0 saturated carbocycles. The van der Waals surface area contributed by atoms with Gasteiger partial charge in [0, 0.05) is 11.0 Å². The summed E-state index contributed by atoms with van der Waals surface area (Å²) in [5.41, 5.74) is 9.96. The molecule has 0 aliphatic rings. The van der Waals surface area contributed by atoms with E-state index in [0.29, 0.717) is 0 Å². The Morgan fingerprint density at radius 1 is 0.632 bits per heavy atom. The molecule has 200 valence electrons. The molecule has 4 rings (SSSR count). The van der Waals surface area contributed by atoms with Crippen molar-refractivity contribution in [3.05, 3.63) is 88.7 Å². The van der Waals surface area contributed by atoms with Gasteiger partial charge in [0.05, 0.1) is 5.69 Å². The number of benzene rings is 3. The highest BCUT2D eigenvalue weighted by Gasteiger charge is 2.30. The van der Waals surface area contributed by atoms with E-state index in [2.05, 4.69) is 141 Å². The van der Waals surface area contributed by atoms with Crippen molar-refractivity contribution in [1.29, 1.82) is 0 Å². The fourth-order valence-corrected chi connectivity index (χ4v) is 5.02. The quantitative estimate of drug-likeness (QED) is 0.269. The van der Waals surface area contributed by atoms with Crippen LogP contribution in [-0.2, 0) is 16.2 Å². The van der Waals surface area contributed by atoms with E-state index < -0.39 is 0 Å². The van der Waals surface area contributed by atoms with Gasteiger partial charge in [0.15, 0.2) is 5.82 Å². The highest BCUT2D eigenvalue weighted by atomic mass is 15.3. The van der Waals surface area contributed by atoms with Crippen LogP contribution in [0.2, 0.25) is 0 Å². The molecule has 0 spiro atoms. The maximum atomic E-state index is 4.82. The minimum Gasteiger partial charge on any atom is -0.278 e. The first-order chi connectivity index (χ1) is 17.6. The first-order valence-electron chi connectivity index (χ1n) is 13.9. The Bertz CT molecular complexity index is 1420. The number of nitrogens with zero attached hydrogens (tertiary/aromatic N) is 3. The molecule has 0 saturated heterocycles.